The number of esters is 1. The van der Waals surface area contributed by atoms with E-state index in [-0.39, 0.29) is 5.76 Å². The van der Waals surface area contributed by atoms with Crippen LogP contribution in [0.5, 0.6) is 0 Å². The highest BCUT2D eigenvalue weighted by atomic mass is 16.6. The summed E-state index contributed by atoms with van der Waals surface area (Å²) in [7, 11) is 0. The van der Waals surface area contributed by atoms with Crippen LogP contribution in [0.2, 0.25) is 0 Å². The molecular formula is C9H10O3. The van der Waals surface area contributed by atoms with Crippen LogP contribution in [0.25, 0.3) is 0 Å². The lowest BCUT2D eigenvalue weighted by molar-refractivity contribution is -0.135. The van der Waals surface area contributed by atoms with Crippen LogP contribution in [0.4, 0.5) is 0 Å². The summed E-state index contributed by atoms with van der Waals surface area (Å²) in [4.78, 5) is 10.9. The van der Waals surface area contributed by atoms with Crippen molar-refractivity contribution in [3.05, 3.63) is 22.7 Å². The normalized spacial score (nSPS) is 22.9. The third-order valence-electron chi connectivity index (χ3n) is 2.31. The van der Waals surface area contributed by atoms with E-state index in [1.54, 1.807) is 0 Å². The van der Waals surface area contributed by atoms with Gasteiger partial charge < -0.3 is 9.84 Å². The number of aliphatic hydroxyl groups excluding tert-OH is 1. The van der Waals surface area contributed by atoms with Gasteiger partial charge in [0.25, 0.3) is 0 Å². The van der Waals surface area contributed by atoms with Crippen LogP contribution < -0.4 is 0 Å². The SMILES string of the molecule is CC1=C2OC(=O)C(O)=C2CCC1. The van der Waals surface area contributed by atoms with Gasteiger partial charge in [-0.15, -0.1) is 0 Å². The lowest BCUT2D eigenvalue weighted by atomic mass is 9.94. The first kappa shape index (κ1) is 7.40. The lowest BCUT2D eigenvalue weighted by Gasteiger charge is -2.13. The Labute approximate surface area is 70.3 Å². The van der Waals surface area contributed by atoms with Crippen LogP contribution in [0.3, 0.4) is 0 Å². The zero-order valence-electron chi connectivity index (χ0n) is 6.89. The predicted molar refractivity (Wildman–Crippen MR) is 42.3 cm³/mol. The molecule has 0 fully saturated rings. The molecule has 64 valence electrons. The Morgan fingerprint density at radius 3 is 2.83 bits per heavy atom. The van der Waals surface area contributed by atoms with Gasteiger partial charge in [-0.25, -0.2) is 4.79 Å². The van der Waals surface area contributed by atoms with Gasteiger partial charge in [0.15, 0.2) is 0 Å². The summed E-state index contributed by atoms with van der Waals surface area (Å²) in [5.74, 6) is -0.172. The predicted octanol–water partition coefficient (Wildman–Crippen LogP) is 1.81. The maximum atomic E-state index is 10.9. The first-order chi connectivity index (χ1) is 5.70. The van der Waals surface area contributed by atoms with Gasteiger partial charge in [0.05, 0.1) is 0 Å². The van der Waals surface area contributed by atoms with E-state index in [0.717, 1.165) is 24.8 Å². The Bertz CT molecular complexity index is 310. The van der Waals surface area contributed by atoms with Gasteiger partial charge in [-0.05, 0) is 31.8 Å². The summed E-state index contributed by atoms with van der Waals surface area (Å²) in [5.41, 5.74) is 1.76. The van der Waals surface area contributed by atoms with Crippen molar-refractivity contribution in [2.24, 2.45) is 0 Å². The van der Waals surface area contributed by atoms with Gasteiger partial charge in [0.1, 0.15) is 5.76 Å². The molecule has 0 amide bonds. The average molecular weight is 166 g/mol. The molecule has 0 spiro atoms. The molecule has 0 saturated carbocycles. The van der Waals surface area contributed by atoms with Crippen molar-refractivity contribution < 1.29 is 14.6 Å². The maximum Gasteiger partial charge on any atom is 0.379 e. The Kier molecular flexibility index (Phi) is 1.46. The molecule has 3 nitrogen and oxygen atoms in total. The molecule has 2 rings (SSSR count). The molecule has 0 radical (unpaired) electrons. The van der Waals surface area contributed by atoms with Crippen molar-refractivity contribution >= 4 is 5.97 Å². The Hall–Kier alpha value is -1.25. The van der Waals surface area contributed by atoms with Crippen LogP contribution in [0.1, 0.15) is 26.2 Å². The van der Waals surface area contributed by atoms with Crippen molar-refractivity contribution in [3.8, 4) is 0 Å². The van der Waals surface area contributed by atoms with Gasteiger partial charge in [-0.1, -0.05) is 0 Å². The summed E-state index contributed by atoms with van der Waals surface area (Å²) in [6.07, 6.45) is 2.70. The number of ether oxygens (including phenoxy) is 1. The number of aliphatic hydroxyl groups is 1. The molecule has 3 heteroatoms. The quantitative estimate of drug-likeness (QED) is 0.558. The molecule has 0 saturated heterocycles. The monoisotopic (exact) mass is 166 g/mol. The summed E-state index contributed by atoms with van der Waals surface area (Å²) in [6, 6.07) is 0. The van der Waals surface area contributed by atoms with Crippen molar-refractivity contribution in [1.29, 1.82) is 0 Å². The fourth-order valence-electron chi connectivity index (χ4n) is 1.65. The number of allylic oxidation sites excluding steroid dienone is 2. The van der Waals surface area contributed by atoms with Crippen LogP contribution in [0, 0.1) is 0 Å². The minimum atomic E-state index is -0.596. The number of fused-ring (bicyclic) bond motifs is 1. The van der Waals surface area contributed by atoms with Crippen molar-refractivity contribution in [3.63, 3.8) is 0 Å². The highest BCUT2D eigenvalue weighted by Gasteiger charge is 2.32. The van der Waals surface area contributed by atoms with E-state index in [4.69, 9.17) is 4.74 Å². The molecule has 0 atom stereocenters. The lowest BCUT2D eigenvalue weighted by Crippen LogP contribution is -2.00. The molecule has 1 heterocycles. The first-order valence-electron chi connectivity index (χ1n) is 4.04. The molecule has 0 aromatic carbocycles. The van der Waals surface area contributed by atoms with E-state index in [1.165, 1.54) is 0 Å². The molecule has 1 aliphatic carbocycles. The second-order valence-corrected chi connectivity index (χ2v) is 3.18. The highest BCUT2D eigenvalue weighted by Crippen LogP contribution is 2.36. The van der Waals surface area contributed by atoms with Crippen molar-refractivity contribution in [2.75, 3.05) is 0 Å². The van der Waals surface area contributed by atoms with E-state index in [0.29, 0.717) is 11.3 Å². The second-order valence-electron chi connectivity index (χ2n) is 3.18. The number of rotatable bonds is 0. The Morgan fingerprint density at radius 2 is 2.17 bits per heavy atom. The van der Waals surface area contributed by atoms with Crippen LogP contribution in [-0.2, 0) is 9.53 Å². The molecule has 2 aliphatic rings. The fourth-order valence-corrected chi connectivity index (χ4v) is 1.65. The zero-order chi connectivity index (χ0) is 8.72. The molecule has 0 aromatic heterocycles. The van der Waals surface area contributed by atoms with Crippen LogP contribution in [0.15, 0.2) is 22.7 Å². The molecule has 12 heavy (non-hydrogen) atoms. The van der Waals surface area contributed by atoms with E-state index in [9.17, 15) is 9.90 Å². The average Bonchev–Trinajstić information content (AvgIpc) is 2.32. The summed E-state index contributed by atoms with van der Waals surface area (Å²) in [6.45, 7) is 1.93. The molecular weight excluding hydrogens is 156 g/mol. The van der Waals surface area contributed by atoms with Gasteiger partial charge in [-0.3, -0.25) is 0 Å². The highest BCUT2D eigenvalue weighted by molar-refractivity contribution is 5.92. The number of carbonyl (C=O) groups excluding carboxylic acids is 1. The van der Waals surface area contributed by atoms with E-state index >= 15 is 0 Å². The van der Waals surface area contributed by atoms with Crippen molar-refractivity contribution in [1.82, 2.24) is 0 Å². The summed E-state index contributed by atoms with van der Waals surface area (Å²) in [5, 5.41) is 9.28. The largest absolute Gasteiger partial charge is 0.502 e. The topological polar surface area (TPSA) is 46.5 Å². The minimum Gasteiger partial charge on any atom is -0.502 e. The molecule has 0 bridgehead atoms. The summed E-state index contributed by atoms with van der Waals surface area (Å²) < 4.78 is 4.91. The molecule has 1 aliphatic heterocycles. The third kappa shape index (κ3) is 0.858. The van der Waals surface area contributed by atoms with Crippen LogP contribution in [-0.4, -0.2) is 11.1 Å². The van der Waals surface area contributed by atoms with E-state index in [1.807, 2.05) is 6.92 Å². The maximum absolute atomic E-state index is 10.9. The van der Waals surface area contributed by atoms with Gasteiger partial charge in [0, 0.05) is 5.57 Å². The van der Waals surface area contributed by atoms with Gasteiger partial charge in [-0.2, -0.15) is 0 Å². The van der Waals surface area contributed by atoms with E-state index in [2.05, 4.69) is 0 Å². The van der Waals surface area contributed by atoms with Crippen LogP contribution >= 0.6 is 0 Å². The number of hydrogen-bond acceptors (Lipinski definition) is 3. The Morgan fingerprint density at radius 1 is 1.42 bits per heavy atom. The van der Waals surface area contributed by atoms with Gasteiger partial charge in [0.2, 0.25) is 5.76 Å². The zero-order valence-corrected chi connectivity index (χ0v) is 6.89. The minimum absolute atomic E-state index is 0.191. The molecule has 0 unspecified atom stereocenters. The third-order valence-corrected chi connectivity index (χ3v) is 2.31. The Balaban J connectivity index is 2.52. The molecule has 0 aromatic rings. The number of hydrogen-bond donors (Lipinski definition) is 1. The summed E-state index contributed by atoms with van der Waals surface area (Å²) >= 11 is 0. The number of carbonyl (C=O) groups is 1. The van der Waals surface area contributed by atoms with E-state index < -0.39 is 5.97 Å². The first-order valence-corrected chi connectivity index (χ1v) is 4.04. The van der Waals surface area contributed by atoms with Crippen molar-refractivity contribution in [2.45, 2.75) is 26.2 Å². The fraction of sp³-hybridized carbons (Fsp3) is 0.444. The molecule has 1 N–H and O–H groups in total. The smallest absolute Gasteiger partial charge is 0.379 e. The standard InChI is InChI=1S/C9H10O3/c1-5-3-2-4-6-7(10)9(11)12-8(5)6/h10H,2-4H2,1H3. The second kappa shape index (κ2) is 2.37. The van der Waals surface area contributed by atoms with Gasteiger partial charge >= 0.3 is 5.97 Å².